The lowest BCUT2D eigenvalue weighted by molar-refractivity contribution is 0.952. The molecule has 0 fully saturated rings. The van der Waals surface area contributed by atoms with Gasteiger partial charge in [-0.2, -0.15) is 4.98 Å². The number of hydrogen-bond donors (Lipinski definition) is 0. The monoisotopic (exact) mass is 727 g/mol. The van der Waals surface area contributed by atoms with Crippen molar-refractivity contribution in [2.75, 3.05) is 0 Å². The Labute approximate surface area is 328 Å². The van der Waals surface area contributed by atoms with Crippen LogP contribution in [0.2, 0.25) is 0 Å². The third-order valence-electron chi connectivity index (χ3n) is 11.5. The fourth-order valence-electron chi connectivity index (χ4n) is 8.94. The molecule has 0 aliphatic heterocycles. The molecule has 0 N–H and O–H groups in total. The van der Waals surface area contributed by atoms with Gasteiger partial charge in [-0.25, -0.2) is 4.98 Å². The maximum atomic E-state index is 5.47. The van der Waals surface area contributed by atoms with Gasteiger partial charge in [-0.1, -0.05) is 140 Å². The van der Waals surface area contributed by atoms with Gasteiger partial charge in [0.05, 0.1) is 38.8 Å². The van der Waals surface area contributed by atoms with E-state index in [-0.39, 0.29) is 0 Å². The van der Waals surface area contributed by atoms with E-state index in [0.717, 1.165) is 66.7 Å². The summed E-state index contributed by atoms with van der Waals surface area (Å²) >= 11 is 0. The highest BCUT2D eigenvalue weighted by Crippen LogP contribution is 2.39. The first-order chi connectivity index (χ1) is 28.3. The Morgan fingerprint density at radius 1 is 0.281 bits per heavy atom. The van der Waals surface area contributed by atoms with Gasteiger partial charge in [0.25, 0.3) is 0 Å². The largest absolute Gasteiger partial charge is 0.309 e. The summed E-state index contributed by atoms with van der Waals surface area (Å²) in [6.45, 7) is 0. The molecule has 0 saturated carbocycles. The molecule has 0 aliphatic carbocycles. The minimum Gasteiger partial charge on any atom is -0.309 e. The van der Waals surface area contributed by atoms with Crippen LogP contribution < -0.4 is 0 Å². The molecule has 0 radical (unpaired) electrons. The zero-order valence-electron chi connectivity index (χ0n) is 30.8. The van der Waals surface area contributed by atoms with E-state index in [1.54, 1.807) is 0 Å². The van der Waals surface area contributed by atoms with Crippen molar-refractivity contribution in [3.63, 3.8) is 0 Å². The second-order valence-corrected chi connectivity index (χ2v) is 14.7. The van der Waals surface area contributed by atoms with Crippen LogP contribution >= 0.6 is 0 Å². The first-order valence-corrected chi connectivity index (χ1v) is 19.3. The van der Waals surface area contributed by atoms with Crippen molar-refractivity contribution in [3.05, 3.63) is 200 Å². The van der Waals surface area contributed by atoms with E-state index in [9.17, 15) is 0 Å². The average molecular weight is 728 g/mol. The molecule has 5 heteroatoms. The van der Waals surface area contributed by atoms with Gasteiger partial charge in [0, 0.05) is 49.6 Å². The summed E-state index contributed by atoms with van der Waals surface area (Å²) in [7, 11) is 0. The maximum absolute atomic E-state index is 5.47. The predicted molar refractivity (Wildman–Crippen MR) is 236 cm³/mol. The van der Waals surface area contributed by atoms with Crippen LogP contribution in [0.15, 0.2) is 200 Å². The Kier molecular flexibility index (Phi) is 6.86. The van der Waals surface area contributed by atoms with Crippen molar-refractivity contribution < 1.29 is 0 Å². The summed E-state index contributed by atoms with van der Waals surface area (Å²) in [4.78, 5) is 10.8. The lowest BCUT2D eigenvalue weighted by atomic mass is 10.0. The fraction of sp³-hybridized carbons (Fsp3) is 0. The first kappa shape index (κ1) is 31.6. The van der Waals surface area contributed by atoms with Gasteiger partial charge in [-0.3, -0.25) is 9.13 Å². The Morgan fingerprint density at radius 2 is 0.754 bits per heavy atom. The molecule has 0 saturated heterocycles. The normalized spacial score (nSPS) is 11.9. The summed E-state index contributed by atoms with van der Waals surface area (Å²) in [5.74, 6) is 1.44. The van der Waals surface area contributed by atoms with E-state index >= 15 is 0 Å². The number of aromatic nitrogens is 5. The molecule has 8 aromatic carbocycles. The quantitative estimate of drug-likeness (QED) is 0.177. The molecule has 266 valence electrons. The number of hydrogen-bond acceptors (Lipinski definition) is 2. The number of nitrogens with zero attached hydrogens (tertiary/aromatic N) is 5. The SMILES string of the molecule is c1ccc(-c2cc(-n3c4ccccc4c4ccccc43)nc(-n3c4ccccc4c4ccc(-c5ccc6c(c5)c5ccccc5n6-c5ccccc5)cc43)n2)cc1. The van der Waals surface area contributed by atoms with E-state index in [1.165, 1.54) is 32.6 Å². The van der Waals surface area contributed by atoms with Gasteiger partial charge < -0.3 is 4.57 Å². The summed E-state index contributed by atoms with van der Waals surface area (Å²) in [5, 5.41) is 7.16. The van der Waals surface area contributed by atoms with E-state index in [4.69, 9.17) is 9.97 Å². The highest BCUT2D eigenvalue weighted by atomic mass is 15.2. The summed E-state index contributed by atoms with van der Waals surface area (Å²) in [6, 6.07) is 71.3. The van der Waals surface area contributed by atoms with Gasteiger partial charge in [-0.15, -0.1) is 0 Å². The molecular formula is C52H33N5. The van der Waals surface area contributed by atoms with E-state index < -0.39 is 0 Å². The van der Waals surface area contributed by atoms with E-state index in [1.807, 2.05) is 6.07 Å². The molecule has 4 aromatic heterocycles. The van der Waals surface area contributed by atoms with Crippen molar-refractivity contribution in [1.29, 1.82) is 0 Å². The standard InChI is InChI=1S/C52H33N5/c1-3-15-34(16-4-1)44-33-51(56-46-24-12-7-19-38(46)39-20-8-13-25-47(39)56)54-52(53-44)57-48-26-14-9-21-40(48)42-29-27-36(32-50(42)57)35-28-30-49-43(31-35)41-22-10-11-23-45(41)55(49)37-17-5-2-6-18-37/h1-33H. The molecular weight excluding hydrogens is 695 g/mol. The minimum atomic E-state index is 0.623. The molecule has 0 amide bonds. The zero-order chi connectivity index (χ0) is 37.5. The molecule has 0 bridgehead atoms. The fourth-order valence-corrected chi connectivity index (χ4v) is 8.94. The number of para-hydroxylation sites is 5. The van der Waals surface area contributed by atoms with Crippen LogP contribution in [0, 0.1) is 0 Å². The van der Waals surface area contributed by atoms with Crippen LogP contribution in [0.4, 0.5) is 0 Å². The highest BCUT2D eigenvalue weighted by Gasteiger charge is 2.20. The van der Waals surface area contributed by atoms with Gasteiger partial charge in [0.1, 0.15) is 5.82 Å². The van der Waals surface area contributed by atoms with Crippen molar-refractivity contribution in [2.45, 2.75) is 0 Å². The molecule has 12 aromatic rings. The smallest absolute Gasteiger partial charge is 0.237 e. The second kappa shape index (κ2) is 12.4. The van der Waals surface area contributed by atoms with Crippen LogP contribution in [0.25, 0.3) is 105 Å². The lowest BCUT2D eigenvalue weighted by Crippen LogP contribution is -2.07. The molecule has 0 unspecified atom stereocenters. The molecule has 5 nitrogen and oxygen atoms in total. The molecule has 0 spiro atoms. The maximum Gasteiger partial charge on any atom is 0.237 e. The minimum absolute atomic E-state index is 0.623. The molecule has 12 rings (SSSR count). The van der Waals surface area contributed by atoms with E-state index in [0.29, 0.717) is 5.95 Å². The Morgan fingerprint density at radius 3 is 1.40 bits per heavy atom. The summed E-state index contributed by atoms with van der Waals surface area (Å²) < 4.78 is 6.89. The zero-order valence-corrected chi connectivity index (χ0v) is 30.8. The van der Waals surface area contributed by atoms with Crippen LogP contribution in [0.3, 0.4) is 0 Å². The molecule has 4 heterocycles. The summed E-state index contributed by atoms with van der Waals surface area (Å²) in [6.07, 6.45) is 0. The van der Waals surface area contributed by atoms with Crippen LogP contribution in [-0.2, 0) is 0 Å². The Balaban J connectivity index is 1.11. The van der Waals surface area contributed by atoms with Crippen LogP contribution in [-0.4, -0.2) is 23.7 Å². The Bertz CT molecular complexity index is 3460. The third-order valence-corrected chi connectivity index (χ3v) is 11.5. The van der Waals surface area contributed by atoms with Crippen molar-refractivity contribution in [3.8, 4) is 39.8 Å². The lowest BCUT2D eigenvalue weighted by Gasteiger charge is -2.14. The molecule has 0 aliphatic rings. The number of rotatable bonds is 5. The first-order valence-electron chi connectivity index (χ1n) is 19.3. The summed E-state index contributed by atoms with van der Waals surface area (Å²) in [5.41, 5.74) is 12.0. The topological polar surface area (TPSA) is 40.6 Å². The average Bonchev–Trinajstić information content (AvgIpc) is 3.92. The number of benzene rings is 8. The van der Waals surface area contributed by atoms with Gasteiger partial charge in [-0.05, 0) is 65.7 Å². The van der Waals surface area contributed by atoms with Gasteiger partial charge in [0.2, 0.25) is 5.95 Å². The van der Waals surface area contributed by atoms with Crippen LogP contribution in [0.1, 0.15) is 0 Å². The van der Waals surface area contributed by atoms with Crippen molar-refractivity contribution in [2.24, 2.45) is 0 Å². The van der Waals surface area contributed by atoms with Crippen LogP contribution in [0.5, 0.6) is 0 Å². The van der Waals surface area contributed by atoms with Gasteiger partial charge in [0.15, 0.2) is 0 Å². The number of fused-ring (bicyclic) bond motifs is 9. The second-order valence-electron chi connectivity index (χ2n) is 14.7. The van der Waals surface area contributed by atoms with E-state index in [2.05, 4.69) is 208 Å². The highest BCUT2D eigenvalue weighted by molar-refractivity contribution is 6.13. The van der Waals surface area contributed by atoms with Crippen molar-refractivity contribution in [1.82, 2.24) is 23.7 Å². The van der Waals surface area contributed by atoms with Gasteiger partial charge >= 0.3 is 0 Å². The predicted octanol–water partition coefficient (Wildman–Crippen LogP) is 13.1. The molecule has 57 heavy (non-hydrogen) atoms. The third kappa shape index (κ3) is 4.82. The Hall–Kier alpha value is -7.76. The van der Waals surface area contributed by atoms with Crippen molar-refractivity contribution >= 4 is 65.4 Å². The molecule has 0 atom stereocenters.